The first-order chi connectivity index (χ1) is 15.8. The molecule has 2 aromatic carbocycles. The number of carbonyl (C=O) groups excluding carboxylic acids is 2. The van der Waals surface area contributed by atoms with Crippen molar-refractivity contribution >= 4 is 23.1 Å². The average molecular weight is 443 g/mol. The summed E-state index contributed by atoms with van der Waals surface area (Å²) in [5, 5.41) is 11.3. The number of aliphatic hydroxyl groups excluding tert-OH is 1. The van der Waals surface area contributed by atoms with Gasteiger partial charge in [0.2, 0.25) is 0 Å². The predicted molar refractivity (Wildman–Crippen MR) is 127 cm³/mol. The molecule has 1 aliphatic heterocycles. The second kappa shape index (κ2) is 8.90. The van der Waals surface area contributed by atoms with E-state index >= 15 is 0 Å². The summed E-state index contributed by atoms with van der Waals surface area (Å²) in [6, 6.07) is 13.7. The van der Waals surface area contributed by atoms with Crippen molar-refractivity contribution in [3.05, 3.63) is 94.3 Å². The van der Waals surface area contributed by atoms with Gasteiger partial charge in [-0.15, -0.1) is 0 Å². The number of anilines is 1. The SMILES string of the molecule is CCOc1ccc(/C(O)=C2\C(=O)C(=O)N(c3ccc(C)cc3C)C2c2cccnc2)cc1C. The van der Waals surface area contributed by atoms with E-state index in [9.17, 15) is 14.7 Å². The standard InChI is InChI=1S/C27H26N2O4/c1-5-33-22-11-9-19(14-18(22)4)25(30)23-24(20-7-6-12-28-15-20)29(27(32)26(23)31)21-10-8-16(2)13-17(21)3/h6-15,24,30H,5H2,1-4H3/b25-23+. The van der Waals surface area contributed by atoms with Crippen molar-refractivity contribution in [2.75, 3.05) is 11.5 Å². The monoisotopic (exact) mass is 442 g/mol. The largest absolute Gasteiger partial charge is 0.507 e. The summed E-state index contributed by atoms with van der Waals surface area (Å²) in [6.07, 6.45) is 3.24. The molecule has 3 aromatic rings. The summed E-state index contributed by atoms with van der Waals surface area (Å²) < 4.78 is 5.59. The lowest BCUT2D eigenvalue weighted by atomic mass is 9.95. The van der Waals surface area contributed by atoms with Crippen molar-refractivity contribution in [2.45, 2.75) is 33.7 Å². The fraction of sp³-hybridized carbons (Fsp3) is 0.222. The van der Waals surface area contributed by atoms with Crippen molar-refractivity contribution < 1.29 is 19.4 Å². The van der Waals surface area contributed by atoms with Gasteiger partial charge in [-0.3, -0.25) is 19.5 Å². The summed E-state index contributed by atoms with van der Waals surface area (Å²) in [4.78, 5) is 32.2. The summed E-state index contributed by atoms with van der Waals surface area (Å²) in [7, 11) is 0. The first-order valence-electron chi connectivity index (χ1n) is 10.9. The van der Waals surface area contributed by atoms with Gasteiger partial charge in [-0.2, -0.15) is 0 Å². The molecule has 1 saturated heterocycles. The minimum Gasteiger partial charge on any atom is -0.507 e. The Morgan fingerprint density at radius 2 is 1.85 bits per heavy atom. The summed E-state index contributed by atoms with van der Waals surface area (Å²) in [5.74, 6) is -0.929. The third kappa shape index (κ3) is 4.00. The van der Waals surface area contributed by atoms with Gasteiger partial charge in [0.15, 0.2) is 0 Å². The lowest BCUT2D eigenvalue weighted by molar-refractivity contribution is -0.132. The normalized spacial score (nSPS) is 17.5. The van der Waals surface area contributed by atoms with E-state index in [1.54, 1.807) is 42.7 Å². The number of aliphatic hydroxyl groups is 1. The molecule has 0 spiro atoms. The summed E-state index contributed by atoms with van der Waals surface area (Å²) in [5.41, 5.74) is 4.49. The van der Waals surface area contributed by atoms with E-state index in [4.69, 9.17) is 4.74 Å². The van der Waals surface area contributed by atoms with Crippen LogP contribution >= 0.6 is 0 Å². The minimum atomic E-state index is -0.799. The molecule has 0 aliphatic carbocycles. The number of hydrogen-bond donors (Lipinski definition) is 1. The first kappa shape index (κ1) is 22.3. The maximum absolute atomic E-state index is 13.3. The highest BCUT2D eigenvalue weighted by Crippen LogP contribution is 2.43. The highest BCUT2D eigenvalue weighted by atomic mass is 16.5. The Morgan fingerprint density at radius 1 is 1.06 bits per heavy atom. The van der Waals surface area contributed by atoms with Crippen molar-refractivity contribution in [1.82, 2.24) is 4.98 Å². The van der Waals surface area contributed by atoms with Gasteiger partial charge < -0.3 is 9.84 Å². The Bertz CT molecular complexity index is 1260. The van der Waals surface area contributed by atoms with Crippen LogP contribution in [0.5, 0.6) is 5.75 Å². The third-order valence-electron chi connectivity index (χ3n) is 5.80. The van der Waals surface area contributed by atoms with Crippen LogP contribution in [-0.2, 0) is 9.59 Å². The molecule has 1 amide bonds. The smallest absolute Gasteiger partial charge is 0.300 e. The summed E-state index contributed by atoms with van der Waals surface area (Å²) >= 11 is 0. The van der Waals surface area contributed by atoms with Gasteiger partial charge in [0.25, 0.3) is 11.7 Å². The van der Waals surface area contributed by atoms with Gasteiger partial charge in [-0.05, 0) is 74.7 Å². The van der Waals surface area contributed by atoms with Crippen molar-refractivity contribution in [3.8, 4) is 5.75 Å². The van der Waals surface area contributed by atoms with Crippen LogP contribution in [0.1, 0.15) is 40.8 Å². The van der Waals surface area contributed by atoms with Crippen LogP contribution in [0.3, 0.4) is 0 Å². The van der Waals surface area contributed by atoms with Crippen molar-refractivity contribution in [1.29, 1.82) is 0 Å². The molecule has 0 bridgehead atoms. The number of hydrogen-bond acceptors (Lipinski definition) is 5. The van der Waals surface area contributed by atoms with E-state index in [2.05, 4.69) is 4.98 Å². The lowest BCUT2D eigenvalue weighted by Crippen LogP contribution is -2.30. The van der Waals surface area contributed by atoms with Gasteiger partial charge in [0.1, 0.15) is 11.5 Å². The first-order valence-corrected chi connectivity index (χ1v) is 10.9. The van der Waals surface area contributed by atoms with Gasteiger partial charge in [-0.25, -0.2) is 0 Å². The van der Waals surface area contributed by atoms with E-state index in [0.717, 1.165) is 16.7 Å². The Kier molecular flexibility index (Phi) is 6.01. The zero-order chi connectivity index (χ0) is 23.7. The van der Waals surface area contributed by atoms with E-state index in [1.165, 1.54) is 4.90 Å². The molecule has 1 unspecified atom stereocenters. The van der Waals surface area contributed by atoms with Crippen LogP contribution in [0, 0.1) is 20.8 Å². The van der Waals surface area contributed by atoms with Gasteiger partial charge in [0, 0.05) is 23.6 Å². The number of nitrogens with zero attached hydrogens (tertiary/aromatic N) is 2. The topological polar surface area (TPSA) is 79.7 Å². The molecule has 1 fully saturated rings. The number of pyridine rings is 1. The number of amides is 1. The number of ketones is 1. The van der Waals surface area contributed by atoms with Gasteiger partial charge in [0.05, 0.1) is 18.2 Å². The van der Waals surface area contributed by atoms with Crippen LogP contribution in [0.15, 0.2) is 66.5 Å². The number of aromatic nitrogens is 1. The fourth-order valence-electron chi connectivity index (χ4n) is 4.28. The summed E-state index contributed by atoms with van der Waals surface area (Å²) in [6.45, 7) is 8.16. The van der Waals surface area contributed by atoms with Crippen LogP contribution < -0.4 is 9.64 Å². The van der Waals surface area contributed by atoms with E-state index in [0.29, 0.717) is 29.2 Å². The average Bonchev–Trinajstić information content (AvgIpc) is 3.06. The van der Waals surface area contributed by atoms with Crippen molar-refractivity contribution in [3.63, 3.8) is 0 Å². The van der Waals surface area contributed by atoms with Crippen LogP contribution in [-0.4, -0.2) is 28.4 Å². The molecule has 0 radical (unpaired) electrons. The quantitative estimate of drug-likeness (QED) is 0.341. The maximum atomic E-state index is 13.3. The number of ether oxygens (including phenoxy) is 1. The molecule has 1 aliphatic rings. The van der Waals surface area contributed by atoms with Crippen molar-refractivity contribution in [2.24, 2.45) is 0 Å². The highest BCUT2D eigenvalue weighted by molar-refractivity contribution is 6.51. The molecule has 1 atom stereocenters. The van der Waals surface area contributed by atoms with E-state index < -0.39 is 17.7 Å². The number of carbonyl (C=O) groups is 2. The van der Waals surface area contributed by atoms with Crippen LogP contribution in [0.4, 0.5) is 5.69 Å². The Labute approximate surface area is 193 Å². The number of rotatable bonds is 5. The molecule has 1 N–H and O–H groups in total. The molecule has 0 saturated carbocycles. The van der Waals surface area contributed by atoms with Crippen LogP contribution in [0.25, 0.3) is 5.76 Å². The Balaban J connectivity index is 1.92. The molecular weight excluding hydrogens is 416 g/mol. The highest BCUT2D eigenvalue weighted by Gasteiger charge is 2.47. The molecular formula is C27H26N2O4. The second-order valence-corrected chi connectivity index (χ2v) is 8.16. The zero-order valence-electron chi connectivity index (χ0n) is 19.1. The second-order valence-electron chi connectivity index (χ2n) is 8.16. The molecule has 2 heterocycles. The maximum Gasteiger partial charge on any atom is 0.300 e. The molecule has 33 heavy (non-hydrogen) atoms. The zero-order valence-corrected chi connectivity index (χ0v) is 19.1. The molecule has 6 heteroatoms. The number of aryl methyl sites for hydroxylation is 3. The lowest BCUT2D eigenvalue weighted by Gasteiger charge is -2.26. The Hall–Kier alpha value is -3.93. The number of Topliss-reactive ketones (excluding diaryl/α,β-unsaturated/α-hetero) is 1. The molecule has 168 valence electrons. The number of benzene rings is 2. The predicted octanol–water partition coefficient (Wildman–Crippen LogP) is 5.03. The molecule has 6 nitrogen and oxygen atoms in total. The van der Waals surface area contributed by atoms with Gasteiger partial charge >= 0.3 is 0 Å². The molecule has 1 aromatic heterocycles. The van der Waals surface area contributed by atoms with Crippen LogP contribution in [0.2, 0.25) is 0 Å². The third-order valence-corrected chi connectivity index (χ3v) is 5.80. The van der Waals surface area contributed by atoms with Gasteiger partial charge in [-0.1, -0.05) is 23.8 Å². The minimum absolute atomic E-state index is 0.0385. The van der Waals surface area contributed by atoms with E-state index in [-0.39, 0.29) is 11.3 Å². The molecule has 4 rings (SSSR count). The van der Waals surface area contributed by atoms with E-state index in [1.807, 2.05) is 45.9 Å². The Morgan fingerprint density at radius 3 is 2.48 bits per heavy atom. The fourth-order valence-corrected chi connectivity index (χ4v) is 4.28.